The zero-order chi connectivity index (χ0) is 17.2. The number of ether oxygens (including phenoxy) is 1. The molecule has 1 fully saturated rings. The Labute approximate surface area is 151 Å². The van der Waals surface area contributed by atoms with E-state index in [1.807, 2.05) is 30.6 Å². The van der Waals surface area contributed by atoms with Gasteiger partial charge in [0.25, 0.3) is 0 Å². The van der Waals surface area contributed by atoms with Gasteiger partial charge < -0.3 is 9.64 Å². The highest BCUT2D eigenvalue weighted by atomic mass is 32.1. The molecule has 0 amide bonds. The molecule has 0 atom stereocenters. The summed E-state index contributed by atoms with van der Waals surface area (Å²) in [7, 11) is 0. The van der Waals surface area contributed by atoms with E-state index in [0.717, 1.165) is 51.6 Å². The Morgan fingerprint density at radius 3 is 2.76 bits per heavy atom. The van der Waals surface area contributed by atoms with E-state index in [1.54, 1.807) is 0 Å². The number of hydrogen-bond donors (Lipinski definition) is 0. The van der Waals surface area contributed by atoms with Gasteiger partial charge in [0.15, 0.2) is 0 Å². The topological polar surface area (TPSA) is 37.7 Å². The first-order valence-electron chi connectivity index (χ1n) is 8.62. The summed E-state index contributed by atoms with van der Waals surface area (Å²) in [6.45, 7) is 6.36. The molecule has 0 saturated carbocycles. The second-order valence-electron chi connectivity index (χ2n) is 6.48. The summed E-state index contributed by atoms with van der Waals surface area (Å²) in [4.78, 5) is 6.95. The lowest BCUT2D eigenvalue weighted by molar-refractivity contribution is 0.497. The maximum Gasteiger partial charge on any atom is 0.207 e. The highest BCUT2D eigenvalue weighted by Crippen LogP contribution is 2.37. The van der Waals surface area contributed by atoms with E-state index in [4.69, 9.17) is 4.74 Å². The zero-order valence-corrected chi connectivity index (χ0v) is 15.3. The van der Waals surface area contributed by atoms with Gasteiger partial charge in [-0.1, -0.05) is 12.1 Å². The minimum Gasteiger partial charge on any atom is -0.444 e. The summed E-state index contributed by atoms with van der Waals surface area (Å²) in [6.07, 6.45) is 4.51. The Hall–Kier alpha value is -2.40. The largest absolute Gasteiger partial charge is 0.444 e. The van der Waals surface area contributed by atoms with Gasteiger partial charge >= 0.3 is 0 Å². The smallest absolute Gasteiger partial charge is 0.207 e. The lowest BCUT2D eigenvalue weighted by Gasteiger charge is -2.12. The minimum atomic E-state index is 0.839. The van der Waals surface area contributed by atoms with Crippen LogP contribution in [0.25, 0.3) is 10.9 Å². The first-order valence-corrected chi connectivity index (χ1v) is 9.40. The molecule has 0 radical (unpaired) electrons. The van der Waals surface area contributed by atoms with E-state index in [9.17, 15) is 0 Å². The van der Waals surface area contributed by atoms with Crippen molar-refractivity contribution in [3.05, 3.63) is 47.5 Å². The fourth-order valence-electron chi connectivity index (χ4n) is 3.06. The van der Waals surface area contributed by atoms with Crippen molar-refractivity contribution in [1.29, 1.82) is 0 Å². The van der Waals surface area contributed by atoms with E-state index < -0.39 is 0 Å². The van der Waals surface area contributed by atoms with Crippen molar-refractivity contribution in [3.8, 4) is 10.8 Å². The van der Waals surface area contributed by atoms with E-state index >= 15 is 0 Å². The van der Waals surface area contributed by atoms with Crippen LogP contribution >= 0.6 is 11.5 Å². The number of rotatable bonds is 4. The van der Waals surface area contributed by atoms with Crippen LogP contribution in [0.2, 0.25) is 0 Å². The van der Waals surface area contributed by atoms with Crippen LogP contribution < -0.4 is 4.74 Å². The van der Waals surface area contributed by atoms with Crippen molar-refractivity contribution < 1.29 is 4.74 Å². The van der Waals surface area contributed by atoms with Crippen molar-refractivity contribution in [2.45, 2.75) is 26.7 Å². The monoisotopic (exact) mass is 351 g/mol. The summed E-state index contributed by atoms with van der Waals surface area (Å²) >= 11 is 1.39. The third kappa shape index (κ3) is 3.37. The fraction of sp³-hybridized carbons (Fsp3) is 0.300. The predicted molar refractivity (Wildman–Crippen MR) is 105 cm³/mol. The van der Waals surface area contributed by atoms with Gasteiger partial charge in [0.1, 0.15) is 5.75 Å². The van der Waals surface area contributed by atoms with Crippen molar-refractivity contribution in [1.82, 2.24) is 9.27 Å². The van der Waals surface area contributed by atoms with E-state index in [-0.39, 0.29) is 0 Å². The third-order valence-corrected chi connectivity index (χ3v) is 5.30. The van der Waals surface area contributed by atoms with E-state index in [2.05, 4.69) is 40.2 Å². The predicted octanol–water partition coefficient (Wildman–Crippen LogP) is 5.46. The highest BCUT2D eigenvalue weighted by Gasteiger charge is 2.12. The van der Waals surface area contributed by atoms with Crippen LogP contribution in [-0.4, -0.2) is 28.7 Å². The molecule has 2 aromatic carbocycles. The van der Waals surface area contributed by atoms with E-state index in [0.29, 0.717) is 0 Å². The Balaban J connectivity index is 1.59. The molecule has 3 aromatic rings. The number of aromatic nitrogens is 1. The number of benzene rings is 2. The SMILES string of the molecule is Cc1cc(Oc2snc3ccccc23)c(C)cc1/N=C/N1CCCC1. The normalized spacial score (nSPS) is 14.7. The van der Waals surface area contributed by atoms with Crippen molar-refractivity contribution in [2.24, 2.45) is 4.99 Å². The van der Waals surface area contributed by atoms with Gasteiger partial charge in [-0.2, -0.15) is 4.37 Å². The molecular formula is C20H21N3OS. The average molecular weight is 351 g/mol. The van der Waals surface area contributed by atoms with Gasteiger partial charge in [-0.3, -0.25) is 0 Å². The summed E-state index contributed by atoms with van der Waals surface area (Å²) < 4.78 is 10.6. The zero-order valence-electron chi connectivity index (χ0n) is 14.5. The van der Waals surface area contributed by atoms with Gasteiger partial charge in [0.05, 0.1) is 22.9 Å². The molecule has 4 rings (SSSR count). The molecule has 128 valence electrons. The number of aliphatic imine (C=N–C) groups is 1. The van der Waals surface area contributed by atoms with Crippen molar-refractivity contribution in [2.75, 3.05) is 13.1 Å². The van der Waals surface area contributed by atoms with Crippen LogP contribution in [0.5, 0.6) is 10.8 Å². The van der Waals surface area contributed by atoms with Crippen molar-refractivity contribution in [3.63, 3.8) is 0 Å². The molecule has 1 aliphatic rings. The molecule has 4 nitrogen and oxygen atoms in total. The maximum absolute atomic E-state index is 6.17. The molecule has 5 heteroatoms. The maximum atomic E-state index is 6.17. The number of aryl methyl sites for hydroxylation is 2. The Kier molecular flexibility index (Phi) is 4.40. The molecule has 25 heavy (non-hydrogen) atoms. The van der Waals surface area contributed by atoms with Gasteiger partial charge in [-0.25, -0.2) is 4.99 Å². The van der Waals surface area contributed by atoms with E-state index in [1.165, 1.54) is 24.4 Å². The molecule has 1 saturated heterocycles. The Morgan fingerprint density at radius 2 is 1.92 bits per heavy atom. The van der Waals surface area contributed by atoms with Gasteiger partial charge in [0.2, 0.25) is 5.06 Å². The second kappa shape index (κ2) is 6.84. The van der Waals surface area contributed by atoms with Gasteiger partial charge in [-0.05, 0) is 62.1 Å². The summed E-state index contributed by atoms with van der Waals surface area (Å²) in [5, 5.41) is 1.90. The van der Waals surface area contributed by atoms with Crippen LogP contribution in [-0.2, 0) is 0 Å². The molecule has 0 N–H and O–H groups in total. The highest BCUT2D eigenvalue weighted by molar-refractivity contribution is 7.09. The van der Waals surface area contributed by atoms with Crippen LogP contribution in [0.1, 0.15) is 24.0 Å². The summed E-state index contributed by atoms with van der Waals surface area (Å²) in [5.74, 6) is 0.868. The van der Waals surface area contributed by atoms with Crippen LogP contribution in [0.3, 0.4) is 0 Å². The molecule has 0 unspecified atom stereocenters. The molecular weight excluding hydrogens is 330 g/mol. The number of nitrogens with zero attached hydrogens (tertiary/aromatic N) is 3. The lowest BCUT2D eigenvalue weighted by Crippen LogP contribution is -2.16. The molecule has 2 heterocycles. The Bertz CT molecular complexity index is 926. The summed E-state index contributed by atoms with van der Waals surface area (Å²) in [6, 6.07) is 12.2. The van der Waals surface area contributed by atoms with Gasteiger partial charge in [-0.15, -0.1) is 0 Å². The number of hydrogen-bond acceptors (Lipinski definition) is 4. The van der Waals surface area contributed by atoms with Crippen LogP contribution in [0, 0.1) is 13.8 Å². The second-order valence-corrected chi connectivity index (χ2v) is 7.22. The fourth-order valence-corrected chi connectivity index (χ4v) is 3.80. The van der Waals surface area contributed by atoms with Crippen molar-refractivity contribution >= 4 is 34.5 Å². The van der Waals surface area contributed by atoms with Crippen LogP contribution in [0.15, 0.2) is 41.4 Å². The van der Waals surface area contributed by atoms with Crippen LogP contribution in [0.4, 0.5) is 5.69 Å². The molecule has 0 bridgehead atoms. The quantitative estimate of drug-likeness (QED) is 0.462. The summed E-state index contributed by atoms with van der Waals surface area (Å²) in [5.41, 5.74) is 4.18. The first kappa shape index (κ1) is 16.1. The molecule has 0 spiro atoms. The third-order valence-electron chi connectivity index (χ3n) is 4.55. The molecule has 1 aromatic heterocycles. The standard InChI is InChI=1S/C20H21N3OS/c1-14-12-19(24-20-16-7-3-4-8-17(16)22-25-20)15(2)11-18(14)21-13-23-9-5-6-10-23/h3-4,7-8,11-13H,5-6,9-10H2,1-2H3/b21-13+. The lowest BCUT2D eigenvalue weighted by atomic mass is 10.1. The Morgan fingerprint density at radius 1 is 1.12 bits per heavy atom. The molecule has 0 aliphatic carbocycles. The number of likely N-dealkylation sites (tertiary alicyclic amines) is 1. The average Bonchev–Trinajstić information content (AvgIpc) is 3.27. The first-order chi connectivity index (χ1) is 12.2. The van der Waals surface area contributed by atoms with Gasteiger partial charge in [0, 0.05) is 24.6 Å². The number of fused-ring (bicyclic) bond motifs is 1. The minimum absolute atomic E-state index is 0.839. The molecule has 1 aliphatic heterocycles.